The van der Waals surface area contributed by atoms with E-state index in [0.717, 1.165) is 34.5 Å². The summed E-state index contributed by atoms with van der Waals surface area (Å²) in [7, 11) is 1.76. The third-order valence-electron chi connectivity index (χ3n) is 6.85. The number of benzene rings is 1. The van der Waals surface area contributed by atoms with E-state index in [1.807, 2.05) is 6.07 Å². The van der Waals surface area contributed by atoms with Gasteiger partial charge in [-0.2, -0.15) is 0 Å². The third-order valence-corrected chi connectivity index (χ3v) is 7.34. The third kappa shape index (κ3) is 2.95. The average Bonchev–Trinajstić information content (AvgIpc) is 2.51. The van der Waals surface area contributed by atoms with Crippen molar-refractivity contribution in [1.82, 2.24) is 5.32 Å². The fourth-order valence-electron chi connectivity index (χ4n) is 6.07. The lowest BCUT2D eigenvalue weighted by molar-refractivity contribution is -0.0706. The van der Waals surface area contributed by atoms with E-state index in [-0.39, 0.29) is 0 Å². The molecule has 2 nitrogen and oxygen atoms in total. The molecule has 0 aromatic heterocycles. The van der Waals surface area contributed by atoms with Crippen LogP contribution < -0.4 is 10.1 Å². The fourth-order valence-corrected chi connectivity index (χ4v) is 6.48. The van der Waals surface area contributed by atoms with Crippen molar-refractivity contribution in [1.29, 1.82) is 0 Å². The van der Waals surface area contributed by atoms with Crippen LogP contribution >= 0.6 is 15.9 Å². The molecule has 4 aliphatic carbocycles. The lowest BCUT2D eigenvalue weighted by atomic mass is 9.48. The molecule has 4 saturated carbocycles. The Labute approximate surface area is 148 Å². The zero-order valence-corrected chi connectivity index (χ0v) is 15.9. The van der Waals surface area contributed by atoms with Crippen LogP contribution in [0.4, 0.5) is 0 Å². The van der Waals surface area contributed by atoms with Gasteiger partial charge in [-0.05, 0) is 86.8 Å². The van der Waals surface area contributed by atoms with Crippen LogP contribution in [0.25, 0.3) is 0 Å². The Hall–Kier alpha value is -0.540. The van der Waals surface area contributed by atoms with Gasteiger partial charge in [-0.1, -0.05) is 15.9 Å². The van der Waals surface area contributed by atoms with E-state index < -0.39 is 0 Å². The first-order valence-corrected chi connectivity index (χ1v) is 9.93. The van der Waals surface area contributed by atoms with Crippen molar-refractivity contribution < 1.29 is 4.74 Å². The minimum absolute atomic E-state index is 0.563. The molecular formula is C20H28BrNO. The maximum atomic E-state index is 5.52. The van der Waals surface area contributed by atoms with Gasteiger partial charge in [0, 0.05) is 22.6 Å². The summed E-state index contributed by atoms with van der Waals surface area (Å²) in [5.74, 6) is 4.04. The van der Waals surface area contributed by atoms with Crippen LogP contribution in [0.2, 0.25) is 0 Å². The van der Waals surface area contributed by atoms with Crippen molar-refractivity contribution in [2.75, 3.05) is 7.11 Å². The first kappa shape index (κ1) is 16.0. The van der Waals surface area contributed by atoms with Crippen LogP contribution in [0.3, 0.4) is 0 Å². The lowest BCUT2D eigenvalue weighted by Gasteiger charge is -2.59. The van der Waals surface area contributed by atoms with Crippen molar-refractivity contribution in [3.8, 4) is 5.75 Å². The van der Waals surface area contributed by atoms with Crippen molar-refractivity contribution in [2.45, 2.75) is 58.0 Å². The van der Waals surface area contributed by atoms with Crippen molar-refractivity contribution >= 4 is 15.9 Å². The van der Waals surface area contributed by atoms with Gasteiger partial charge in [0.05, 0.1) is 7.11 Å². The van der Waals surface area contributed by atoms with Gasteiger partial charge in [-0.15, -0.1) is 0 Å². The van der Waals surface area contributed by atoms with Crippen molar-refractivity contribution in [2.24, 2.45) is 23.2 Å². The van der Waals surface area contributed by atoms with E-state index in [4.69, 9.17) is 4.74 Å². The van der Waals surface area contributed by atoms with Gasteiger partial charge < -0.3 is 10.1 Å². The second-order valence-corrected chi connectivity index (χ2v) is 9.25. The first-order valence-electron chi connectivity index (χ1n) is 9.14. The van der Waals surface area contributed by atoms with E-state index in [2.05, 4.69) is 40.3 Å². The highest BCUT2D eigenvalue weighted by molar-refractivity contribution is 9.10. The van der Waals surface area contributed by atoms with Crippen LogP contribution in [0.15, 0.2) is 22.7 Å². The Morgan fingerprint density at radius 2 is 1.78 bits per heavy atom. The van der Waals surface area contributed by atoms with E-state index in [9.17, 15) is 0 Å². The molecular weight excluding hydrogens is 350 g/mol. The number of rotatable bonds is 5. The molecule has 0 amide bonds. The molecule has 0 radical (unpaired) electrons. The Morgan fingerprint density at radius 1 is 1.17 bits per heavy atom. The Bertz CT molecular complexity index is 550. The number of methoxy groups -OCH3 is 1. The molecule has 4 fully saturated rings. The standard InChI is InChI=1S/C20H28BrNO/c1-13(22-12-17-8-18(21)3-4-19(17)23-2)20-9-14-5-15(10-20)7-16(6-14)11-20/h3-4,8,13-16,22H,5-7,9-12H2,1-2H3/t13-,14?,15?,16?,20?/m1/s1. The van der Waals surface area contributed by atoms with Crippen LogP contribution in [0, 0.1) is 23.2 Å². The summed E-state index contributed by atoms with van der Waals surface area (Å²) in [6.07, 6.45) is 8.94. The minimum atomic E-state index is 0.563. The Morgan fingerprint density at radius 3 is 2.35 bits per heavy atom. The SMILES string of the molecule is COc1ccc(Br)cc1CN[C@H](C)C12CC3CC(CC(C3)C1)C2. The molecule has 4 bridgehead atoms. The Balaban J connectivity index is 1.46. The monoisotopic (exact) mass is 377 g/mol. The summed E-state index contributed by atoms with van der Waals surface area (Å²) in [6, 6.07) is 6.87. The molecule has 3 heteroatoms. The molecule has 23 heavy (non-hydrogen) atoms. The van der Waals surface area contributed by atoms with Gasteiger partial charge >= 0.3 is 0 Å². The fraction of sp³-hybridized carbons (Fsp3) is 0.700. The summed E-state index contributed by atoms with van der Waals surface area (Å²) in [5, 5.41) is 3.86. The first-order chi connectivity index (χ1) is 11.1. The van der Waals surface area contributed by atoms with E-state index in [0.29, 0.717) is 11.5 Å². The van der Waals surface area contributed by atoms with E-state index >= 15 is 0 Å². The molecule has 0 heterocycles. The minimum Gasteiger partial charge on any atom is -0.496 e. The highest BCUT2D eigenvalue weighted by atomic mass is 79.9. The van der Waals surface area contributed by atoms with Crippen molar-refractivity contribution in [3.05, 3.63) is 28.2 Å². The Kier molecular flexibility index (Phi) is 4.21. The number of ether oxygens (including phenoxy) is 1. The van der Waals surface area contributed by atoms with Gasteiger partial charge in [0.1, 0.15) is 5.75 Å². The van der Waals surface area contributed by atoms with Crippen LogP contribution in [-0.4, -0.2) is 13.2 Å². The van der Waals surface area contributed by atoms with Gasteiger partial charge in [0.25, 0.3) is 0 Å². The molecule has 1 N–H and O–H groups in total. The van der Waals surface area contributed by atoms with Gasteiger partial charge in [-0.3, -0.25) is 0 Å². The summed E-state index contributed by atoms with van der Waals surface area (Å²) in [5.41, 5.74) is 1.81. The average molecular weight is 378 g/mol. The van der Waals surface area contributed by atoms with Crippen LogP contribution in [0.1, 0.15) is 51.0 Å². The van der Waals surface area contributed by atoms with Crippen LogP contribution in [-0.2, 0) is 6.54 Å². The molecule has 1 atom stereocenters. The maximum Gasteiger partial charge on any atom is 0.123 e. The molecule has 0 saturated heterocycles. The largest absolute Gasteiger partial charge is 0.496 e. The highest BCUT2D eigenvalue weighted by Crippen LogP contribution is 2.61. The summed E-state index contributed by atoms with van der Waals surface area (Å²) in [4.78, 5) is 0. The maximum absolute atomic E-state index is 5.52. The molecule has 1 aromatic carbocycles. The van der Waals surface area contributed by atoms with E-state index in [1.54, 1.807) is 7.11 Å². The number of hydrogen-bond acceptors (Lipinski definition) is 2. The predicted octanol–water partition coefficient (Wildman–Crippen LogP) is 5.15. The smallest absolute Gasteiger partial charge is 0.123 e. The number of nitrogens with one attached hydrogen (secondary N) is 1. The molecule has 0 unspecified atom stereocenters. The zero-order valence-electron chi connectivity index (χ0n) is 14.3. The summed E-state index contributed by atoms with van der Waals surface area (Å²) < 4.78 is 6.64. The second kappa shape index (κ2) is 6.07. The molecule has 5 rings (SSSR count). The molecule has 1 aromatic rings. The molecule has 0 aliphatic heterocycles. The number of hydrogen-bond donors (Lipinski definition) is 1. The van der Waals surface area contributed by atoms with Gasteiger partial charge in [0.2, 0.25) is 0 Å². The van der Waals surface area contributed by atoms with Crippen molar-refractivity contribution in [3.63, 3.8) is 0 Å². The highest BCUT2D eigenvalue weighted by Gasteiger charge is 2.52. The van der Waals surface area contributed by atoms with E-state index in [1.165, 1.54) is 44.1 Å². The normalized spacial score (nSPS) is 36.2. The van der Waals surface area contributed by atoms with Gasteiger partial charge in [-0.25, -0.2) is 0 Å². The molecule has 126 valence electrons. The quantitative estimate of drug-likeness (QED) is 0.765. The molecule has 4 aliphatic rings. The summed E-state index contributed by atoms with van der Waals surface area (Å²) in [6.45, 7) is 3.32. The number of halogens is 1. The van der Waals surface area contributed by atoms with Crippen LogP contribution in [0.5, 0.6) is 5.75 Å². The zero-order chi connectivity index (χ0) is 16.0. The topological polar surface area (TPSA) is 21.3 Å². The van der Waals surface area contributed by atoms with Gasteiger partial charge in [0.15, 0.2) is 0 Å². The molecule has 0 spiro atoms. The lowest BCUT2D eigenvalue weighted by Crippen LogP contribution is -2.54. The predicted molar refractivity (Wildman–Crippen MR) is 97.6 cm³/mol. The second-order valence-electron chi connectivity index (χ2n) is 8.34. The summed E-state index contributed by atoms with van der Waals surface area (Å²) >= 11 is 3.58.